The lowest BCUT2D eigenvalue weighted by Gasteiger charge is -2.05. The lowest BCUT2D eigenvalue weighted by molar-refractivity contribution is -0.384. The Morgan fingerprint density at radius 2 is 2.16 bits per heavy atom. The molecule has 0 aliphatic rings. The minimum Gasteiger partial charge on any atom is -0.480 e. The molecule has 0 aromatic heterocycles. The molecule has 0 spiro atoms. The van der Waals surface area contributed by atoms with Crippen molar-refractivity contribution in [1.29, 1.82) is 0 Å². The molecule has 0 fully saturated rings. The predicted octanol–water partition coefficient (Wildman–Crippen LogP) is 2.22. The molecule has 1 aromatic rings. The first-order valence-electron chi connectivity index (χ1n) is 5.54. The molecule has 1 rings (SSSR count). The average Bonchev–Trinajstić information content (AvgIpc) is 2.39. The molecule has 0 heterocycles. The van der Waals surface area contributed by atoms with Crippen LogP contribution in [-0.4, -0.2) is 40.3 Å². The fourth-order valence-electron chi connectivity index (χ4n) is 1.35. The van der Waals surface area contributed by atoms with Gasteiger partial charge < -0.3 is 5.11 Å². The van der Waals surface area contributed by atoms with Crippen LogP contribution in [0.25, 0.3) is 0 Å². The van der Waals surface area contributed by atoms with E-state index in [4.69, 9.17) is 5.11 Å². The summed E-state index contributed by atoms with van der Waals surface area (Å²) in [4.78, 5) is 24.9. The summed E-state index contributed by atoms with van der Waals surface area (Å²) in [5, 5.41) is 19.5. The first-order chi connectivity index (χ1) is 9.04. The van der Waals surface area contributed by atoms with Gasteiger partial charge in [0.05, 0.1) is 4.92 Å². The smallest absolute Gasteiger partial charge is 0.328 e. The van der Waals surface area contributed by atoms with E-state index in [1.54, 1.807) is 11.8 Å². The van der Waals surface area contributed by atoms with Gasteiger partial charge in [-0.2, -0.15) is 11.8 Å². The monoisotopic (exact) mass is 282 g/mol. The van der Waals surface area contributed by atoms with Crippen LogP contribution in [0.2, 0.25) is 0 Å². The fourth-order valence-corrected chi connectivity index (χ4v) is 1.81. The van der Waals surface area contributed by atoms with E-state index in [-0.39, 0.29) is 5.69 Å². The van der Waals surface area contributed by atoms with Gasteiger partial charge in [-0.15, -0.1) is 0 Å². The summed E-state index contributed by atoms with van der Waals surface area (Å²) in [6.45, 7) is 0. The molecular formula is C12H14N2O4S. The van der Waals surface area contributed by atoms with Crippen molar-refractivity contribution in [2.45, 2.75) is 12.5 Å². The molecule has 1 atom stereocenters. The number of nitro groups is 1. The highest BCUT2D eigenvalue weighted by Crippen LogP contribution is 2.11. The summed E-state index contributed by atoms with van der Waals surface area (Å²) >= 11 is 1.56. The summed E-state index contributed by atoms with van der Waals surface area (Å²) in [7, 11) is 0. The summed E-state index contributed by atoms with van der Waals surface area (Å²) in [6, 6.07) is 5.02. The minimum atomic E-state index is -0.966. The van der Waals surface area contributed by atoms with Crippen molar-refractivity contribution >= 4 is 29.6 Å². The predicted molar refractivity (Wildman–Crippen MR) is 75.1 cm³/mol. The van der Waals surface area contributed by atoms with E-state index in [2.05, 4.69) is 4.99 Å². The number of aliphatic imine (C=N–C) groups is 1. The Kier molecular flexibility index (Phi) is 6.01. The third-order valence-corrected chi connectivity index (χ3v) is 3.03. The largest absolute Gasteiger partial charge is 0.480 e. The Hall–Kier alpha value is -1.89. The molecule has 1 N–H and O–H groups in total. The van der Waals surface area contributed by atoms with Crippen molar-refractivity contribution < 1.29 is 14.8 Å². The van der Waals surface area contributed by atoms with Gasteiger partial charge in [-0.3, -0.25) is 15.1 Å². The molecule has 1 aromatic carbocycles. The maximum absolute atomic E-state index is 11.0. The van der Waals surface area contributed by atoms with Crippen LogP contribution in [0.5, 0.6) is 0 Å². The van der Waals surface area contributed by atoms with Crippen molar-refractivity contribution in [3.05, 3.63) is 39.9 Å². The van der Waals surface area contributed by atoms with E-state index in [1.165, 1.54) is 30.5 Å². The zero-order valence-corrected chi connectivity index (χ0v) is 11.2. The number of hydrogen-bond donors (Lipinski definition) is 1. The van der Waals surface area contributed by atoms with Crippen LogP contribution in [0, 0.1) is 10.1 Å². The number of carbonyl (C=O) groups is 1. The number of rotatable bonds is 7. The topological polar surface area (TPSA) is 92.8 Å². The molecule has 0 radical (unpaired) electrons. The second-order valence-electron chi connectivity index (χ2n) is 3.76. The summed E-state index contributed by atoms with van der Waals surface area (Å²) in [5.74, 6) is -0.249. The zero-order valence-electron chi connectivity index (χ0n) is 10.4. The lowest BCUT2D eigenvalue weighted by atomic mass is 10.2. The fraction of sp³-hybridized carbons (Fsp3) is 0.333. The van der Waals surface area contributed by atoms with Gasteiger partial charge in [-0.05, 0) is 36.1 Å². The number of carboxylic acids is 1. The highest BCUT2D eigenvalue weighted by molar-refractivity contribution is 7.98. The Balaban J connectivity index is 2.72. The van der Waals surface area contributed by atoms with Crippen LogP contribution in [-0.2, 0) is 4.79 Å². The zero-order chi connectivity index (χ0) is 14.3. The van der Waals surface area contributed by atoms with Gasteiger partial charge in [-0.1, -0.05) is 0 Å². The van der Waals surface area contributed by atoms with Gasteiger partial charge >= 0.3 is 5.97 Å². The Bertz CT molecular complexity index is 473. The number of nitro benzene ring substituents is 1. The van der Waals surface area contributed by atoms with Crippen molar-refractivity contribution in [3.8, 4) is 0 Å². The maximum Gasteiger partial charge on any atom is 0.328 e. The van der Waals surface area contributed by atoms with Gasteiger partial charge in [-0.25, -0.2) is 4.79 Å². The highest BCUT2D eigenvalue weighted by atomic mass is 32.2. The summed E-state index contributed by atoms with van der Waals surface area (Å²) in [6.07, 6.45) is 3.79. The van der Waals surface area contributed by atoms with Gasteiger partial charge in [0.1, 0.15) is 6.04 Å². The van der Waals surface area contributed by atoms with E-state index in [0.29, 0.717) is 17.7 Å². The van der Waals surface area contributed by atoms with Crippen LogP contribution in [0.1, 0.15) is 12.0 Å². The Morgan fingerprint density at radius 3 is 2.63 bits per heavy atom. The molecular weight excluding hydrogens is 268 g/mol. The quantitative estimate of drug-likeness (QED) is 0.470. The molecule has 102 valence electrons. The van der Waals surface area contributed by atoms with Crippen LogP contribution < -0.4 is 0 Å². The number of nitrogens with zero attached hydrogens (tertiary/aromatic N) is 2. The molecule has 0 saturated carbocycles. The molecule has 0 bridgehead atoms. The molecule has 0 aliphatic heterocycles. The van der Waals surface area contributed by atoms with E-state index < -0.39 is 16.9 Å². The Labute approximate surface area is 114 Å². The third-order valence-electron chi connectivity index (χ3n) is 2.39. The minimum absolute atomic E-state index is 0.00526. The number of carboxylic acid groups (broad SMARTS) is 1. The van der Waals surface area contributed by atoms with E-state index >= 15 is 0 Å². The van der Waals surface area contributed by atoms with Crippen LogP contribution in [0.15, 0.2) is 29.3 Å². The van der Waals surface area contributed by atoms with Gasteiger partial charge in [0.15, 0.2) is 0 Å². The number of hydrogen-bond acceptors (Lipinski definition) is 5. The van der Waals surface area contributed by atoms with Gasteiger partial charge in [0.2, 0.25) is 0 Å². The molecule has 19 heavy (non-hydrogen) atoms. The number of thioether (sulfide) groups is 1. The van der Waals surface area contributed by atoms with Crippen molar-refractivity contribution in [2.75, 3.05) is 12.0 Å². The molecule has 0 amide bonds. The summed E-state index contributed by atoms with van der Waals surface area (Å²) in [5.41, 5.74) is 0.635. The standard InChI is InChI=1S/C12H14N2O4S/c1-19-7-6-11(12(15)16)13-8-9-2-4-10(5-3-9)14(17)18/h2-5,8,11H,6-7H2,1H3,(H,15,16). The molecule has 0 saturated heterocycles. The first kappa shape index (κ1) is 15.2. The van der Waals surface area contributed by atoms with E-state index in [9.17, 15) is 14.9 Å². The number of aliphatic carboxylic acids is 1. The molecule has 1 unspecified atom stereocenters. The summed E-state index contributed by atoms with van der Waals surface area (Å²) < 4.78 is 0. The second kappa shape index (κ2) is 7.52. The number of benzene rings is 1. The Morgan fingerprint density at radius 1 is 1.53 bits per heavy atom. The molecule has 6 nitrogen and oxygen atoms in total. The lowest BCUT2D eigenvalue weighted by Crippen LogP contribution is -2.18. The number of non-ortho nitro benzene ring substituents is 1. The third kappa shape index (κ3) is 5.09. The maximum atomic E-state index is 11.0. The van der Waals surface area contributed by atoms with Crippen LogP contribution in [0.4, 0.5) is 5.69 Å². The second-order valence-corrected chi connectivity index (χ2v) is 4.75. The average molecular weight is 282 g/mol. The SMILES string of the molecule is CSCCC(N=Cc1ccc([N+](=O)[O-])cc1)C(=O)O. The van der Waals surface area contributed by atoms with Crippen LogP contribution in [0.3, 0.4) is 0 Å². The van der Waals surface area contributed by atoms with E-state index in [1.807, 2.05) is 6.26 Å². The normalized spacial score (nSPS) is 12.5. The van der Waals surface area contributed by atoms with Crippen molar-refractivity contribution in [3.63, 3.8) is 0 Å². The highest BCUT2D eigenvalue weighted by Gasteiger charge is 2.14. The van der Waals surface area contributed by atoms with Gasteiger partial charge in [0, 0.05) is 18.3 Å². The van der Waals surface area contributed by atoms with Crippen molar-refractivity contribution in [2.24, 2.45) is 4.99 Å². The first-order valence-corrected chi connectivity index (χ1v) is 6.93. The van der Waals surface area contributed by atoms with Gasteiger partial charge in [0.25, 0.3) is 5.69 Å². The molecule has 0 aliphatic carbocycles. The van der Waals surface area contributed by atoms with Crippen molar-refractivity contribution in [1.82, 2.24) is 0 Å². The van der Waals surface area contributed by atoms with E-state index in [0.717, 1.165) is 0 Å². The molecule has 7 heteroatoms. The van der Waals surface area contributed by atoms with Crippen LogP contribution >= 0.6 is 11.8 Å².